The molecule has 0 aromatic heterocycles. The van der Waals surface area contributed by atoms with Gasteiger partial charge in [0.05, 0.1) is 0 Å². The minimum atomic E-state index is -6.58. The second kappa shape index (κ2) is 5.63. The van der Waals surface area contributed by atoms with E-state index in [1.165, 1.54) is 0 Å². The van der Waals surface area contributed by atoms with Crippen LogP contribution >= 0.6 is 0 Å². The molecule has 1 atom stereocenters. The number of imide groups is 1. The van der Waals surface area contributed by atoms with Gasteiger partial charge in [-0.2, -0.15) is 38.7 Å². The van der Waals surface area contributed by atoms with Gasteiger partial charge in [-0.15, -0.1) is 12.9 Å². The van der Waals surface area contributed by atoms with Crippen LogP contribution in [0.25, 0.3) is 0 Å². The fraction of sp³-hybridized carbons (Fsp3) is 0.200. The predicted octanol–water partition coefficient (Wildman–Crippen LogP) is -3.92. The maximum absolute atomic E-state index is 12.1. The van der Waals surface area contributed by atoms with Gasteiger partial charge in [0.2, 0.25) is 0 Å². The van der Waals surface area contributed by atoms with E-state index in [0.29, 0.717) is 0 Å². The molecule has 23 heteroatoms. The summed E-state index contributed by atoms with van der Waals surface area (Å²) < 4.78 is 124. The van der Waals surface area contributed by atoms with Crippen molar-refractivity contribution in [3.8, 4) is 0 Å². The summed E-state index contributed by atoms with van der Waals surface area (Å²) in [5.74, 6) is -2.62. The summed E-state index contributed by atoms with van der Waals surface area (Å²) in [6, 6.07) is -5.50. The van der Waals surface area contributed by atoms with E-state index in [1.807, 2.05) is 0 Å². The summed E-state index contributed by atoms with van der Waals surface area (Å²) in [5, 5.41) is 0. The molecule has 0 aromatic carbocycles. The van der Waals surface area contributed by atoms with Gasteiger partial charge < -0.3 is 0 Å². The number of rotatable bonds is 4. The first-order valence-electron chi connectivity index (χ1n) is 5.72. The maximum atomic E-state index is 12.1. The number of amides is 5. The largest absolute Gasteiger partial charge is 0.370 e. The van der Waals surface area contributed by atoms with Crippen molar-refractivity contribution in [2.24, 2.45) is 4.99 Å². The van der Waals surface area contributed by atoms with Crippen LogP contribution in [0, 0.1) is 0 Å². The lowest BCUT2D eigenvalue weighted by Crippen LogP contribution is -2.78. The fourth-order valence-corrected chi connectivity index (χ4v) is 6.49. The summed E-state index contributed by atoms with van der Waals surface area (Å²) >= 11 is 0. The lowest BCUT2D eigenvalue weighted by atomic mass is 10.2. The third-order valence-electron chi connectivity index (χ3n) is 3.03. The number of fused-ring (bicyclic) bond motifs is 1. The van der Waals surface area contributed by atoms with Gasteiger partial charge in [0.1, 0.15) is 0 Å². The highest BCUT2D eigenvalue weighted by atomic mass is 32.3. The quantitative estimate of drug-likeness (QED) is 0.275. The molecule has 0 radical (unpaired) electrons. The van der Waals surface area contributed by atoms with Crippen molar-refractivity contribution < 1.29 is 66.3 Å². The molecule has 1 unspecified atom stereocenters. The first-order valence-corrected chi connectivity index (χ1v) is 11.3. The molecule has 28 heavy (non-hydrogen) atoms. The third kappa shape index (κ3) is 2.75. The molecule has 1 saturated heterocycles. The maximum Gasteiger partial charge on any atom is 0.370 e. The van der Waals surface area contributed by atoms with Crippen molar-refractivity contribution >= 4 is 64.7 Å². The summed E-state index contributed by atoms with van der Waals surface area (Å²) in [4.78, 5) is 33.6. The Bertz CT molecular complexity index is 1270. The molecule has 2 heterocycles. The lowest BCUT2D eigenvalue weighted by molar-refractivity contribution is -0.119. The second-order valence-corrected chi connectivity index (χ2v) is 9.94. The Morgan fingerprint density at radius 2 is 1.14 bits per heavy atom. The Hall–Kier alpha value is -2.28. The van der Waals surface area contributed by atoms with Crippen molar-refractivity contribution in [2.75, 3.05) is 0 Å². The topological polar surface area (TPSA) is 291 Å². The Balaban J connectivity index is 3.19. The number of carbonyl (C=O) groups excluding carboxylic acids is 3. The van der Waals surface area contributed by atoms with E-state index in [0.717, 1.165) is 0 Å². The number of hydrogen-bond acceptors (Lipinski definition) is 11. The summed E-state index contributed by atoms with van der Waals surface area (Å²) in [7, 11) is -25.4. The predicted molar refractivity (Wildman–Crippen MR) is 77.7 cm³/mol. The molecular weight excluding hydrogens is 484 g/mol. The van der Waals surface area contributed by atoms with Crippen LogP contribution in [-0.4, -0.2) is 93.5 Å². The first kappa shape index (κ1) is 22.0. The SMILES string of the molecule is O=C1C2=NC(=O)N(S(=O)(=O)O)C2(S(=O)(=O)O)N(S(=O)(=O)O)C(=O)N1S(=O)(=O)O. The Morgan fingerprint density at radius 3 is 1.46 bits per heavy atom. The Kier molecular flexibility index (Phi) is 4.42. The molecule has 0 spiro atoms. The first-order chi connectivity index (χ1) is 12.2. The van der Waals surface area contributed by atoms with Gasteiger partial charge in [-0.1, -0.05) is 0 Å². The van der Waals surface area contributed by atoms with E-state index in [1.54, 1.807) is 0 Å². The van der Waals surface area contributed by atoms with Gasteiger partial charge >= 0.3 is 58.1 Å². The van der Waals surface area contributed by atoms with Crippen molar-refractivity contribution in [2.45, 2.75) is 4.99 Å². The smallest absolute Gasteiger partial charge is 0.282 e. The normalized spacial score (nSPS) is 24.5. The van der Waals surface area contributed by atoms with E-state index in [2.05, 4.69) is 4.99 Å². The van der Waals surface area contributed by atoms with Crippen molar-refractivity contribution in [1.82, 2.24) is 12.9 Å². The van der Waals surface area contributed by atoms with Gasteiger partial charge in [0.25, 0.3) is 5.91 Å². The molecule has 5 amide bonds. The molecule has 2 aliphatic heterocycles. The minimum Gasteiger partial charge on any atom is -0.282 e. The lowest BCUT2D eigenvalue weighted by Gasteiger charge is -2.43. The molecule has 0 saturated carbocycles. The fourth-order valence-electron chi connectivity index (χ4n) is 2.25. The standard InChI is InChI=1S/C5H4N4O15S4/c10-2-1-5(25(13,14)15,8(3(11)6-1)27(19,20)21)9(28(22,23)24)4(12)7(2)26(16,17)18/h(H,13,14,15)(H,16,17,18)(H,19,20,21)(H,22,23,24). The van der Waals surface area contributed by atoms with Gasteiger partial charge in [-0.3, -0.25) is 23.0 Å². The number of carbonyl (C=O) groups is 3. The molecule has 19 nitrogen and oxygen atoms in total. The van der Waals surface area contributed by atoms with E-state index in [-0.39, 0.29) is 0 Å². The number of hydrogen-bond donors (Lipinski definition) is 4. The number of nitrogens with zero attached hydrogens (tertiary/aromatic N) is 4. The van der Waals surface area contributed by atoms with Crippen LogP contribution in [0.5, 0.6) is 0 Å². The molecule has 4 N–H and O–H groups in total. The highest BCUT2D eigenvalue weighted by Crippen LogP contribution is 2.42. The van der Waals surface area contributed by atoms with Crippen LogP contribution in [0.3, 0.4) is 0 Å². The van der Waals surface area contributed by atoms with Crippen molar-refractivity contribution in [1.29, 1.82) is 0 Å². The third-order valence-corrected chi connectivity index (χ3v) is 7.08. The van der Waals surface area contributed by atoms with Crippen LogP contribution in [-0.2, 0) is 45.8 Å². The molecule has 0 aromatic rings. The van der Waals surface area contributed by atoms with Gasteiger partial charge in [0, 0.05) is 0 Å². The minimum absolute atomic E-state index is 1.43. The molecule has 2 rings (SSSR count). The van der Waals surface area contributed by atoms with Crippen LogP contribution in [0.2, 0.25) is 0 Å². The molecular formula is C5H4N4O15S4. The Morgan fingerprint density at radius 1 is 0.714 bits per heavy atom. The Labute approximate surface area is 154 Å². The average Bonchev–Trinajstić information content (AvgIpc) is 2.68. The number of urea groups is 2. The van der Waals surface area contributed by atoms with Crippen molar-refractivity contribution in [3.05, 3.63) is 0 Å². The second-order valence-electron chi connectivity index (χ2n) is 4.64. The summed E-state index contributed by atoms with van der Waals surface area (Å²) in [6.45, 7) is 0. The zero-order valence-corrected chi connectivity index (χ0v) is 15.5. The van der Waals surface area contributed by atoms with E-state index < -0.39 is 82.6 Å². The summed E-state index contributed by atoms with van der Waals surface area (Å²) in [6.07, 6.45) is 0. The molecule has 1 fully saturated rings. The highest BCUT2D eigenvalue weighted by Gasteiger charge is 2.77. The van der Waals surface area contributed by atoms with Crippen LogP contribution in [0.1, 0.15) is 0 Å². The van der Waals surface area contributed by atoms with E-state index in [4.69, 9.17) is 13.7 Å². The van der Waals surface area contributed by atoms with Crippen LogP contribution < -0.4 is 0 Å². The van der Waals surface area contributed by atoms with Crippen LogP contribution in [0.15, 0.2) is 4.99 Å². The molecule has 2 aliphatic rings. The number of aliphatic imine (C=N–C) groups is 1. The van der Waals surface area contributed by atoms with Crippen molar-refractivity contribution in [3.63, 3.8) is 0 Å². The monoisotopic (exact) mass is 488 g/mol. The summed E-state index contributed by atoms with van der Waals surface area (Å²) in [5.41, 5.74) is -2.33. The van der Waals surface area contributed by atoms with Crippen LogP contribution in [0.4, 0.5) is 9.59 Å². The zero-order valence-electron chi connectivity index (χ0n) is 12.2. The molecule has 0 aliphatic carbocycles. The highest BCUT2D eigenvalue weighted by molar-refractivity contribution is 7.92. The molecule has 158 valence electrons. The average molecular weight is 488 g/mol. The zero-order chi connectivity index (χ0) is 22.2. The molecule has 0 bridgehead atoms. The van der Waals surface area contributed by atoms with Gasteiger partial charge in [0.15, 0.2) is 5.71 Å². The van der Waals surface area contributed by atoms with E-state index >= 15 is 0 Å². The van der Waals surface area contributed by atoms with E-state index in [9.17, 15) is 52.6 Å². The van der Waals surface area contributed by atoms with Gasteiger partial charge in [-0.25, -0.2) is 9.59 Å². The van der Waals surface area contributed by atoms with Gasteiger partial charge in [-0.05, 0) is 0 Å².